The molecule has 0 saturated carbocycles. The van der Waals surface area contributed by atoms with Gasteiger partial charge >= 0.3 is 5.97 Å². The fourth-order valence-electron chi connectivity index (χ4n) is 1.21. The van der Waals surface area contributed by atoms with Crippen molar-refractivity contribution in [2.24, 2.45) is 0 Å². The second kappa shape index (κ2) is 4.67. The second-order valence-corrected chi connectivity index (χ2v) is 3.57. The van der Waals surface area contributed by atoms with E-state index in [1.807, 2.05) is 30.3 Å². The van der Waals surface area contributed by atoms with Crippen molar-refractivity contribution in [2.75, 3.05) is 0 Å². The Morgan fingerprint density at radius 2 is 1.79 bits per heavy atom. The molecule has 1 atom stereocenters. The number of rotatable bonds is 4. The third-order valence-corrected chi connectivity index (χ3v) is 2.55. The van der Waals surface area contributed by atoms with E-state index in [9.17, 15) is 0 Å². The lowest BCUT2D eigenvalue weighted by atomic mass is 10.1. The molecule has 0 spiro atoms. The van der Waals surface area contributed by atoms with E-state index in [1.165, 1.54) is 0 Å². The molecule has 0 radical (unpaired) electrons. The van der Waals surface area contributed by atoms with Gasteiger partial charge in [-0.15, -0.1) is 0 Å². The van der Waals surface area contributed by atoms with Crippen LogP contribution in [0.3, 0.4) is 0 Å². The molecule has 3 N–H and O–H groups in total. The Labute approximate surface area is 85.3 Å². The minimum absolute atomic E-state index is 0.272. The molecule has 0 aliphatic rings. The second-order valence-electron chi connectivity index (χ2n) is 3.10. The third kappa shape index (κ3) is 3.21. The topological polar surface area (TPSA) is 69.9 Å². The maximum Gasteiger partial charge on any atom is 0.302 e. The molecule has 0 heterocycles. The van der Waals surface area contributed by atoms with Crippen molar-refractivity contribution in [2.45, 2.75) is 18.5 Å². The maximum atomic E-state index is 8.95. The molecule has 5 heteroatoms. The summed E-state index contributed by atoms with van der Waals surface area (Å²) >= 11 is 0. The maximum absolute atomic E-state index is 8.95. The van der Waals surface area contributed by atoms with Crippen LogP contribution in [0.25, 0.3) is 0 Å². The van der Waals surface area contributed by atoms with Crippen LogP contribution in [-0.4, -0.2) is 37.9 Å². The highest BCUT2D eigenvalue weighted by Crippen LogP contribution is 2.12. The van der Waals surface area contributed by atoms with Gasteiger partial charge in [0.1, 0.15) is 16.6 Å². The summed E-state index contributed by atoms with van der Waals surface area (Å²) < 4.78 is 4.91. The lowest BCUT2D eigenvalue weighted by Gasteiger charge is -2.25. The SMILES string of the molecule is OC(O)(O)C(Cc1ccccc1)O[SiH3]. The van der Waals surface area contributed by atoms with Crippen molar-refractivity contribution in [1.29, 1.82) is 0 Å². The zero-order valence-electron chi connectivity index (χ0n) is 7.92. The predicted molar refractivity (Wildman–Crippen MR) is 54.3 cm³/mol. The van der Waals surface area contributed by atoms with Crippen LogP contribution in [0.2, 0.25) is 0 Å². The Morgan fingerprint density at radius 1 is 1.21 bits per heavy atom. The standard InChI is InChI=1S/C9H14O4Si/c10-9(11,12)8(13-14)6-7-4-2-1-3-5-7/h1-5,8,10-12H,6H2,14H3. The van der Waals surface area contributed by atoms with Crippen molar-refractivity contribution in [3.63, 3.8) is 0 Å². The molecule has 0 saturated heterocycles. The summed E-state index contributed by atoms with van der Waals surface area (Å²) in [7, 11) is 0.334. The smallest absolute Gasteiger partial charge is 0.302 e. The van der Waals surface area contributed by atoms with Gasteiger partial charge in [0.25, 0.3) is 0 Å². The van der Waals surface area contributed by atoms with Crippen molar-refractivity contribution >= 4 is 10.5 Å². The third-order valence-electron chi connectivity index (χ3n) is 1.98. The molecule has 0 aliphatic heterocycles. The summed E-state index contributed by atoms with van der Waals surface area (Å²) in [5.74, 6) is -2.77. The molecule has 0 fully saturated rings. The lowest BCUT2D eigenvalue weighted by Crippen LogP contribution is -2.44. The van der Waals surface area contributed by atoms with Gasteiger partial charge in [0.05, 0.1) is 0 Å². The van der Waals surface area contributed by atoms with E-state index in [2.05, 4.69) is 0 Å². The van der Waals surface area contributed by atoms with E-state index >= 15 is 0 Å². The Morgan fingerprint density at radius 3 is 2.21 bits per heavy atom. The van der Waals surface area contributed by atoms with Crippen molar-refractivity contribution < 1.29 is 19.7 Å². The highest BCUT2D eigenvalue weighted by Gasteiger charge is 2.31. The summed E-state index contributed by atoms with van der Waals surface area (Å²) in [6, 6.07) is 9.21. The van der Waals surface area contributed by atoms with Crippen LogP contribution in [0.1, 0.15) is 5.56 Å². The number of hydrogen-bond donors (Lipinski definition) is 3. The molecule has 1 unspecified atom stereocenters. The summed E-state index contributed by atoms with van der Waals surface area (Å²) in [5, 5.41) is 26.8. The minimum Gasteiger partial charge on any atom is -0.417 e. The van der Waals surface area contributed by atoms with E-state index < -0.39 is 12.1 Å². The van der Waals surface area contributed by atoms with Gasteiger partial charge in [-0.05, 0) is 5.56 Å². The molecule has 0 aliphatic carbocycles. The van der Waals surface area contributed by atoms with E-state index in [-0.39, 0.29) is 6.42 Å². The Kier molecular flexibility index (Phi) is 3.79. The molecule has 0 aromatic heterocycles. The fourth-order valence-corrected chi connectivity index (χ4v) is 1.69. The van der Waals surface area contributed by atoms with Crippen LogP contribution >= 0.6 is 0 Å². The first-order valence-corrected chi connectivity index (χ1v) is 5.09. The van der Waals surface area contributed by atoms with E-state index in [1.54, 1.807) is 0 Å². The lowest BCUT2D eigenvalue weighted by molar-refractivity contribution is -0.349. The van der Waals surface area contributed by atoms with Crippen molar-refractivity contribution in [1.82, 2.24) is 0 Å². The fraction of sp³-hybridized carbons (Fsp3) is 0.333. The zero-order chi connectivity index (χ0) is 10.6. The number of hydrogen-bond acceptors (Lipinski definition) is 4. The van der Waals surface area contributed by atoms with Gasteiger partial charge in [-0.25, -0.2) is 0 Å². The van der Waals surface area contributed by atoms with Crippen LogP contribution in [0.15, 0.2) is 30.3 Å². The van der Waals surface area contributed by atoms with E-state index in [0.29, 0.717) is 10.5 Å². The van der Waals surface area contributed by atoms with E-state index in [0.717, 1.165) is 5.56 Å². The van der Waals surface area contributed by atoms with Crippen LogP contribution < -0.4 is 0 Å². The molecular weight excluding hydrogens is 200 g/mol. The summed E-state index contributed by atoms with van der Waals surface area (Å²) in [6.45, 7) is 0. The monoisotopic (exact) mass is 214 g/mol. The first kappa shape index (κ1) is 11.4. The molecule has 78 valence electrons. The van der Waals surface area contributed by atoms with Gasteiger partial charge in [0, 0.05) is 6.42 Å². The number of benzene rings is 1. The molecule has 1 aromatic rings. The number of aliphatic hydroxyl groups is 3. The first-order chi connectivity index (χ1) is 6.54. The molecule has 14 heavy (non-hydrogen) atoms. The van der Waals surface area contributed by atoms with Crippen LogP contribution in [0.4, 0.5) is 0 Å². The average molecular weight is 214 g/mol. The minimum atomic E-state index is -2.77. The Balaban J connectivity index is 2.67. The summed E-state index contributed by atoms with van der Waals surface area (Å²) in [5.41, 5.74) is 0.884. The first-order valence-electron chi connectivity index (χ1n) is 4.28. The highest BCUT2D eigenvalue weighted by atomic mass is 28.2. The Bertz CT molecular complexity index is 270. The van der Waals surface area contributed by atoms with Crippen molar-refractivity contribution in [3.05, 3.63) is 35.9 Å². The summed E-state index contributed by atoms with van der Waals surface area (Å²) in [4.78, 5) is 0. The molecule has 1 rings (SSSR count). The highest BCUT2D eigenvalue weighted by molar-refractivity contribution is 5.98. The zero-order valence-corrected chi connectivity index (χ0v) is 9.92. The van der Waals surface area contributed by atoms with Gasteiger partial charge < -0.3 is 19.7 Å². The van der Waals surface area contributed by atoms with Crippen LogP contribution in [0, 0.1) is 0 Å². The van der Waals surface area contributed by atoms with Gasteiger partial charge in [-0.1, -0.05) is 30.3 Å². The molecule has 0 bridgehead atoms. The van der Waals surface area contributed by atoms with Crippen LogP contribution in [0.5, 0.6) is 0 Å². The van der Waals surface area contributed by atoms with Crippen LogP contribution in [-0.2, 0) is 10.8 Å². The van der Waals surface area contributed by atoms with Gasteiger partial charge in [0.15, 0.2) is 0 Å². The van der Waals surface area contributed by atoms with Crippen molar-refractivity contribution in [3.8, 4) is 0 Å². The quantitative estimate of drug-likeness (QED) is 0.422. The molecule has 4 nitrogen and oxygen atoms in total. The molecule has 1 aromatic carbocycles. The molecule has 0 amide bonds. The Hall–Kier alpha value is -0.723. The van der Waals surface area contributed by atoms with Gasteiger partial charge in [0.2, 0.25) is 0 Å². The van der Waals surface area contributed by atoms with Gasteiger partial charge in [-0.2, -0.15) is 0 Å². The van der Waals surface area contributed by atoms with Gasteiger partial charge in [-0.3, -0.25) is 0 Å². The largest absolute Gasteiger partial charge is 0.417 e. The summed E-state index contributed by atoms with van der Waals surface area (Å²) in [6.07, 6.45) is -0.718. The predicted octanol–water partition coefficient (Wildman–Crippen LogP) is -1.47. The average Bonchev–Trinajstić information content (AvgIpc) is 2.14. The van der Waals surface area contributed by atoms with E-state index in [4.69, 9.17) is 19.7 Å². The molecular formula is C9H14O4Si. The normalized spacial score (nSPS) is 14.2.